The number of methoxy groups -OCH3 is 2. The van der Waals surface area contributed by atoms with Gasteiger partial charge in [-0.2, -0.15) is 4.31 Å². The first kappa shape index (κ1) is 19.6. The molecule has 0 aromatic heterocycles. The van der Waals surface area contributed by atoms with Gasteiger partial charge >= 0.3 is 0 Å². The van der Waals surface area contributed by atoms with E-state index in [-0.39, 0.29) is 24.5 Å². The van der Waals surface area contributed by atoms with Crippen LogP contribution in [0.1, 0.15) is 17.2 Å². The number of hydrogen-bond donors (Lipinski definition) is 2. The van der Waals surface area contributed by atoms with Gasteiger partial charge in [0.15, 0.2) is 0 Å². The third kappa shape index (κ3) is 3.66. The van der Waals surface area contributed by atoms with Gasteiger partial charge in [-0.15, -0.1) is 0 Å². The zero-order chi connectivity index (χ0) is 19.6. The molecule has 27 heavy (non-hydrogen) atoms. The number of ether oxygens (including phenoxy) is 2. The summed E-state index contributed by atoms with van der Waals surface area (Å²) in [5.41, 5.74) is 1.12. The van der Waals surface area contributed by atoms with E-state index in [0.717, 1.165) is 5.56 Å². The molecule has 0 aliphatic carbocycles. The lowest BCUT2D eigenvalue weighted by atomic mass is 9.95. The van der Waals surface area contributed by atoms with Gasteiger partial charge in [0.05, 0.1) is 37.9 Å². The summed E-state index contributed by atoms with van der Waals surface area (Å²) < 4.78 is 37.8. The van der Waals surface area contributed by atoms with E-state index in [1.54, 1.807) is 36.4 Å². The second-order valence-electron chi connectivity index (χ2n) is 6.31. The molecule has 3 rings (SSSR count). The van der Waals surface area contributed by atoms with Crippen molar-refractivity contribution in [1.29, 1.82) is 0 Å². The maximum Gasteiger partial charge on any atom is 0.243 e. The fourth-order valence-electron chi connectivity index (χ4n) is 3.45. The van der Waals surface area contributed by atoms with Crippen molar-refractivity contribution in [2.75, 3.05) is 27.4 Å². The van der Waals surface area contributed by atoms with Crippen LogP contribution in [0, 0.1) is 0 Å². The van der Waals surface area contributed by atoms with E-state index >= 15 is 0 Å². The van der Waals surface area contributed by atoms with Gasteiger partial charge < -0.3 is 19.7 Å². The fraction of sp³-hybridized carbons (Fsp3) is 0.368. The van der Waals surface area contributed by atoms with Crippen LogP contribution in [0.15, 0.2) is 47.4 Å². The second-order valence-corrected chi connectivity index (χ2v) is 8.17. The van der Waals surface area contributed by atoms with Crippen LogP contribution in [0.5, 0.6) is 11.5 Å². The number of aliphatic hydroxyl groups excluding tert-OH is 2. The van der Waals surface area contributed by atoms with Crippen molar-refractivity contribution in [2.45, 2.75) is 23.5 Å². The molecule has 2 atom stereocenters. The first-order valence-corrected chi connectivity index (χ1v) is 9.98. The third-order valence-electron chi connectivity index (χ3n) is 4.74. The van der Waals surface area contributed by atoms with Crippen LogP contribution in [0.4, 0.5) is 0 Å². The van der Waals surface area contributed by atoms with Crippen LogP contribution in [-0.4, -0.2) is 56.3 Å². The number of sulfonamides is 1. The molecule has 1 aliphatic rings. The molecule has 1 heterocycles. The SMILES string of the molecule is COc1cc(C[C@H]2[C@H](O)c3ccccc3S(=O)(=O)N2CCO)cc(OC)c1. The normalized spacial score (nSPS) is 21.5. The van der Waals surface area contributed by atoms with Crippen LogP contribution >= 0.6 is 0 Å². The smallest absolute Gasteiger partial charge is 0.243 e. The molecule has 0 unspecified atom stereocenters. The molecule has 2 aromatic rings. The van der Waals surface area contributed by atoms with Crippen LogP contribution in [0.3, 0.4) is 0 Å². The van der Waals surface area contributed by atoms with Gasteiger partial charge in [-0.1, -0.05) is 18.2 Å². The Morgan fingerprint density at radius 2 is 1.70 bits per heavy atom. The fourth-order valence-corrected chi connectivity index (χ4v) is 5.31. The summed E-state index contributed by atoms with van der Waals surface area (Å²) in [5, 5.41) is 20.3. The molecule has 0 fully saturated rings. The lowest BCUT2D eigenvalue weighted by Gasteiger charge is -2.39. The average Bonchev–Trinajstić information content (AvgIpc) is 2.68. The van der Waals surface area contributed by atoms with E-state index in [4.69, 9.17) is 9.47 Å². The number of β-amino-alcohol motifs (C(OH)–C–C–N with tert-alkyl or cyclic N) is 1. The minimum absolute atomic E-state index is 0.0745. The highest BCUT2D eigenvalue weighted by molar-refractivity contribution is 7.89. The molecule has 146 valence electrons. The van der Waals surface area contributed by atoms with Gasteiger partial charge in [0.1, 0.15) is 11.5 Å². The molecule has 0 spiro atoms. The van der Waals surface area contributed by atoms with Crippen molar-refractivity contribution in [3.05, 3.63) is 53.6 Å². The number of aliphatic hydroxyl groups is 2. The Hall–Kier alpha value is -2.13. The van der Waals surface area contributed by atoms with Gasteiger partial charge in [0.2, 0.25) is 10.0 Å². The Labute approximate surface area is 158 Å². The van der Waals surface area contributed by atoms with Crippen molar-refractivity contribution < 1.29 is 28.1 Å². The Morgan fingerprint density at radius 1 is 1.07 bits per heavy atom. The zero-order valence-electron chi connectivity index (χ0n) is 15.2. The van der Waals surface area contributed by atoms with Gasteiger partial charge in [-0.3, -0.25) is 0 Å². The van der Waals surface area contributed by atoms with E-state index in [1.807, 2.05) is 0 Å². The van der Waals surface area contributed by atoms with E-state index in [1.165, 1.54) is 24.6 Å². The molecule has 0 amide bonds. The van der Waals surface area contributed by atoms with E-state index in [2.05, 4.69) is 0 Å². The van der Waals surface area contributed by atoms with Crippen LogP contribution in [0.2, 0.25) is 0 Å². The summed E-state index contributed by atoms with van der Waals surface area (Å²) in [6.07, 6.45) is -0.782. The third-order valence-corrected chi connectivity index (χ3v) is 6.73. The highest BCUT2D eigenvalue weighted by Crippen LogP contribution is 2.38. The van der Waals surface area contributed by atoms with Crippen molar-refractivity contribution in [2.24, 2.45) is 0 Å². The van der Waals surface area contributed by atoms with Gasteiger partial charge in [-0.05, 0) is 30.2 Å². The molecule has 2 N–H and O–H groups in total. The molecule has 8 heteroatoms. The van der Waals surface area contributed by atoms with Crippen molar-refractivity contribution >= 4 is 10.0 Å². The molecule has 0 radical (unpaired) electrons. The first-order chi connectivity index (χ1) is 12.9. The minimum Gasteiger partial charge on any atom is -0.497 e. The van der Waals surface area contributed by atoms with Crippen molar-refractivity contribution in [1.82, 2.24) is 4.31 Å². The second kappa shape index (κ2) is 7.85. The van der Waals surface area contributed by atoms with E-state index < -0.39 is 22.2 Å². The molecule has 1 aliphatic heterocycles. The number of rotatable bonds is 6. The quantitative estimate of drug-likeness (QED) is 0.769. The number of hydrogen-bond acceptors (Lipinski definition) is 6. The number of nitrogens with zero attached hydrogens (tertiary/aromatic N) is 1. The van der Waals surface area contributed by atoms with Crippen molar-refractivity contribution in [3.63, 3.8) is 0 Å². The maximum absolute atomic E-state index is 13.0. The van der Waals surface area contributed by atoms with Gasteiger partial charge in [0, 0.05) is 18.2 Å². The average molecular weight is 393 g/mol. The maximum atomic E-state index is 13.0. The van der Waals surface area contributed by atoms with Crippen LogP contribution in [-0.2, 0) is 16.4 Å². The molecule has 0 saturated carbocycles. The Kier molecular flexibility index (Phi) is 5.71. The summed E-state index contributed by atoms with van der Waals surface area (Å²) in [5.74, 6) is 1.15. The Bertz CT molecular complexity index is 892. The summed E-state index contributed by atoms with van der Waals surface area (Å²) in [6, 6.07) is 10.9. The molecule has 2 aromatic carbocycles. The Morgan fingerprint density at radius 3 is 2.30 bits per heavy atom. The minimum atomic E-state index is -3.83. The zero-order valence-corrected chi connectivity index (χ0v) is 16.0. The molecule has 0 saturated heterocycles. The standard InChI is InChI=1S/C19H23NO6S/c1-25-14-9-13(10-15(12-14)26-2)11-17-19(22)16-5-3-4-6-18(16)27(23,24)20(17)7-8-21/h3-6,9-10,12,17,19,21-22H,7-8,11H2,1-2H3/t17-,19+/m0/s1. The van der Waals surface area contributed by atoms with Gasteiger partial charge in [-0.25, -0.2) is 8.42 Å². The highest BCUT2D eigenvalue weighted by Gasteiger charge is 2.43. The van der Waals surface area contributed by atoms with Crippen LogP contribution < -0.4 is 9.47 Å². The first-order valence-electron chi connectivity index (χ1n) is 8.54. The largest absolute Gasteiger partial charge is 0.497 e. The monoisotopic (exact) mass is 393 g/mol. The predicted octanol–water partition coefficient (Wildman–Crippen LogP) is 1.35. The van der Waals surface area contributed by atoms with E-state index in [0.29, 0.717) is 17.1 Å². The van der Waals surface area contributed by atoms with E-state index in [9.17, 15) is 18.6 Å². The lowest BCUT2D eigenvalue weighted by molar-refractivity contribution is 0.0724. The summed E-state index contributed by atoms with van der Waals surface area (Å²) >= 11 is 0. The van der Waals surface area contributed by atoms with Crippen LogP contribution in [0.25, 0.3) is 0 Å². The number of benzene rings is 2. The summed E-state index contributed by atoms with van der Waals surface area (Å²) in [4.78, 5) is 0.0745. The summed E-state index contributed by atoms with van der Waals surface area (Å²) in [6.45, 7) is -0.439. The predicted molar refractivity (Wildman–Crippen MR) is 99.4 cm³/mol. The summed E-state index contributed by atoms with van der Waals surface area (Å²) in [7, 11) is -0.759. The molecule has 7 nitrogen and oxygen atoms in total. The molecular weight excluding hydrogens is 370 g/mol. The molecular formula is C19H23NO6S. The Balaban J connectivity index is 2.05. The highest BCUT2D eigenvalue weighted by atomic mass is 32.2. The topological polar surface area (TPSA) is 96.3 Å². The van der Waals surface area contributed by atoms with Gasteiger partial charge in [0.25, 0.3) is 0 Å². The number of fused-ring (bicyclic) bond motifs is 1. The lowest BCUT2D eigenvalue weighted by Crippen LogP contribution is -2.50. The van der Waals surface area contributed by atoms with Crippen molar-refractivity contribution in [3.8, 4) is 11.5 Å². The molecule has 0 bridgehead atoms.